The number of hydrogen-bond acceptors (Lipinski definition) is 3. The van der Waals surface area contributed by atoms with E-state index < -0.39 is 0 Å². The molecule has 2 rings (SSSR count). The zero-order chi connectivity index (χ0) is 11.5. The average molecular weight is 219 g/mol. The van der Waals surface area contributed by atoms with Gasteiger partial charge in [-0.2, -0.15) is 0 Å². The van der Waals surface area contributed by atoms with Crippen LogP contribution in [0.4, 0.5) is 0 Å². The number of H-pyrrole nitrogens is 1. The molecule has 0 saturated carbocycles. The predicted octanol–water partition coefficient (Wildman–Crippen LogP) is 1.59. The van der Waals surface area contributed by atoms with Crippen molar-refractivity contribution in [3.63, 3.8) is 0 Å². The first kappa shape index (κ1) is 10.5. The van der Waals surface area contributed by atoms with Crippen LogP contribution in [0.15, 0.2) is 24.8 Å². The third kappa shape index (κ3) is 1.71. The minimum atomic E-state index is -0.344. The highest BCUT2D eigenvalue weighted by molar-refractivity contribution is 5.95. The van der Waals surface area contributed by atoms with Crippen molar-refractivity contribution in [2.24, 2.45) is 7.05 Å². The first-order valence-corrected chi connectivity index (χ1v) is 5.05. The molecule has 0 spiro atoms. The molecule has 5 nitrogen and oxygen atoms in total. The maximum Gasteiger partial charge on any atom is 0.355 e. The highest BCUT2D eigenvalue weighted by atomic mass is 16.5. The normalized spacial score (nSPS) is 10.4. The summed E-state index contributed by atoms with van der Waals surface area (Å²) in [6.45, 7) is 2.15. The Hall–Kier alpha value is -2.04. The molecule has 2 aromatic heterocycles. The topological polar surface area (TPSA) is 59.9 Å². The van der Waals surface area contributed by atoms with Crippen molar-refractivity contribution in [1.82, 2.24) is 14.5 Å². The Morgan fingerprint density at radius 3 is 3.06 bits per heavy atom. The lowest BCUT2D eigenvalue weighted by Gasteiger charge is -2.04. The predicted molar refractivity (Wildman–Crippen MR) is 59.0 cm³/mol. The zero-order valence-corrected chi connectivity index (χ0v) is 9.23. The summed E-state index contributed by atoms with van der Waals surface area (Å²) in [4.78, 5) is 18.6. The van der Waals surface area contributed by atoms with Crippen molar-refractivity contribution >= 4 is 5.97 Å². The Bertz CT molecular complexity index is 499. The fourth-order valence-electron chi connectivity index (χ4n) is 1.57. The Balaban J connectivity index is 2.40. The highest BCUT2D eigenvalue weighted by Crippen LogP contribution is 2.22. The quantitative estimate of drug-likeness (QED) is 0.797. The van der Waals surface area contributed by atoms with Gasteiger partial charge >= 0.3 is 5.97 Å². The van der Waals surface area contributed by atoms with E-state index in [1.165, 1.54) is 0 Å². The molecule has 1 N–H and O–H groups in total. The number of aryl methyl sites for hydroxylation is 1. The van der Waals surface area contributed by atoms with Crippen LogP contribution < -0.4 is 0 Å². The van der Waals surface area contributed by atoms with E-state index in [0.29, 0.717) is 12.3 Å². The molecule has 0 fully saturated rings. The second-order valence-corrected chi connectivity index (χ2v) is 3.38. The lowest BCUT2D eigenvalue weighted by Crippen LogP contribution is -2.07. The summed E-state index contributed by atoms with van der Waals surface area (Å²) >= 11 is 0. The smallest absolute Gasteiger partial charge is 0.355 e. The van der Waals surface area contributed by atoms with Crippen LogP contribution in [0.3, 0.4) is 0 Å². The number of ether oxygens (including phenoxy) is 1. The van der Waals surface area contributed by atoms with Gasteiger partial charge in [0, 0.05) is 18.8 Å². The van der Waals surface area contributed by atoms with Gasteiger partial charge in [-0.1, -0.05) is 0 Å². The fraction of sp³-hybridized carbons (Fsp3) is 0.273. The number of imidazole rings is 1. The molecule has 0 aliphatic rings. The number of aromatic amines is 1. The van der Waals surface area contributed by atoms with Crippen LogP contribution in [0.25, 0.3) is 11.3 Å². The molecular formula is C11H13N3O2. The van der Waals surface area contributed by atoms with Gasteiger partial charge in [0.25, 0.3) is 0 Å². The van der Waals surface area contributed by atoms with Crippen molar-refractivity contribution < 1.29 is 9.53 Å². The molecule has 2 heterocycles. The van der Waals surface area contributed by atoms with E-state index in [1.54, 1.807) is 25.6 Å². The summed E-state index contributed by atoms with van der Waals surface area (Å²) in [6.07, 6.45) is 5.12. The van der Waals surface area contributed by atoms with Crippen molar-refractivity contribution in [1.29, 1.82) is 0 Å². The number of carbonyl (C=O) groups is 1. The van der Waals surface area contributed by atoms with Crippen LogP contribution in [0.5, 0.6) is 0 Å². The first-order chi connectivity index (χ1) is 7.74. The van der Waals surface area contributed by atoms with Gasteiger partial charge in [-0.3, -0.25) is 0 Å². The zero-order valence-electron chi connectivity index (χ0n) is 9.23. The Morgan fingerprint density at radius 2 is 2.44 bits per heavy atom. The number of carbonyl (C=O) groups excluding carboxylic acids is 1. The van der Waals surface area contributed by atoms with Gasteiger partial charge in [-0.05, 0) is 13.0 Å². The Labute approximate surface area is 93.1 Å². The summed E-state index contributed by atoms with van der Waals surface area (Å²) < 4.78 is 6.82. The van der Waals surface area contributed by atoms with E-state index in [2.05, 4.69) is 9.97 Å². The number of hydrogen-bond donors (Lipinski definition) is 1. The average Bonchev–Trinajstić information content (AvgIpc) is 2.85. The third-order valence-corrected chi connectivity index (χ3v) is 2.32. The second kappa shape index (κ2) is 4.22. The molecule has 0 saturated heterocycles. The summed E-state index contributed by atoms with van der Waals surface area (Å²) in [5, 5.41) is 0. The minimum Gasteiger partial charge on any atom is -0.461 e. The van der Waals surface area contributed by atoms with E-state index in [0.717, 1.165) is 11.3 Å². The number of nitrogens with zero attached hydrogens (tertiary/aromatic N) is 2. The molecule has 0 aliphatic heterocycles. The summed E-state index contributed by atoms with van der Waals surface area (Å²) in [5.41, 5.74) is 2.15. The molecule has 0 aliphatic carbocycles. The SMILES string of the molecule is CCOC(=O)c1[nH]ccc1-c1cncn1C. The number of rotatable bonds is 3. The van der Waals surface area contributed by atoms with Crippen LogP contribution in [0, 0.1) is 0 Å². The molecule has 0 radical (unpaired) electrons. The van der Waals surface area contributed by atoms with Crippen LogP contribution in [-0.2, 0) is 11.8 Å². The molecule has 0 unspecified atom stereocenters. The van der Waals surface area contributed by atoms with E-state index in [1.807, 2.05) is 17.7 Å². The van der Waals surface area contributed by atoms with Crippen LogP contribution in [0.1, 0.15) is 17.4 Å². The summed E-state index contributed by atoms with van der Waals surface area (Å²) in [6, 6.07) is 1.84. The van der Waals surface area contributed by atoms with Crippen molar-refractivity contribution in [2.75, 3.05) is 6.61 Å². The highest BCUT2D eigenvalue weighted by Gasteiger charge is 2.16. The number of nitrogens with one attached hydrogen (secondary N) is 1. The number of aromatic nitrogens is 3. The fourth-order valence-corrected chi connectivity index (χ4v) is 1.57. The van der Waals surface area contributed by atoms with Crippen LogP contribution >= 0.6 is 0 Å². The van der Waals surface area contributed by atoms with Gasteiger partial charge in [0.05, 0.1) is 24.8 Å². The maximum absolute atomic E-state index is 11.6. The molecule has 84 valence electrons. The molecular weight excluding hydrogens is 206 g/mol. The molecule has 0 amide bonds. The molecule has 5 heteroatoms. The van der Waals surface area contributed by atoms with Gasteiger partial charge < -0.3 is 14.3 Å². The molecule has 2 aromatic rings. The van der Waals surface area contributed by atoms with Crippen molar-refractivity contribution in [3.05, 3.63) is 30.5 Å². The third-order valence-electron chi connectivity index (χ3n) is 2.32. The maximum atomic E-state index is 11.6. The van der Waals surface area contributed by atoms with E-state index in [-0.39, 0.29) is 5.97 Å². The first-order valence-electron chi connectivity index (χ1n) is 5.05. The van der Waals surface area contributed by atoms with Crippen molar-refractivity contribution in [3.8, 4) is 11.3 Å². The monoisotopic (exact) mass is 219 g/mol. The van der Waals surface area contributed by atoms with Crippen LogP contribution in [-0.4, -0.2) is 27.1 Å². The molecule has 0 bridgehead atoms. The number of esters is 1. The van der Waals surface area contributed by atoms with Gasteiger partial charge in [-0.25, -0.2) is 9.78 Å². The van der Waals surface area contributed by atoms with E-state index in [9.17, 15) is 4.79 Å². The standard InChI is InChI=1S/C11H13N3O2/c1-3-16-11(15)10-8(4-5-13-10)9-6-12-7-14(9)2/h4-7,13H,3H2,1-2H3. The van der Waals surface area contributed by atoms with Crippen LogP contribution in [0.2, 0.25) is 0 Å². The van der Waals surface area contributed by atoms with E-state index >= 15 is 0 Å². The molecule has 0 aromatic carbocycles. The van der Waals surface area contributed by atoms with Gasteiger partial charge in [0.1, 0.15) is 5.69 Å². The van der Waals surface area contributed by atoms with E-state index in [4.69, 9.17) is 4.74 Å². The van der Waals surface area contributed by atoms with Gasteiger partial charge in [0.15, 0.2) is 0 Å². The lowest BCUT2D eigenvalue weighted by molar-refractivity contribution is 0.0521. The molecule has 16 heavy (non-hydrogen) atoms. The van der Waals surface area contributed by atoms with Gasteiger partial charge in [-0.15, -0.1) is 0 Å². The molecule has 0 atom stereocenters. The summed E-state index contributed by atoms with van der Waals surface area (Å²) in [5.74, 6) is -0.344. The minimum absolute atomic E-state index is 0.344. The van der Waals surface area contributed by atoms with Crippen molar-refractivity contribution in [2.45, 2.75) is 6.92 Å². The lowest BCUT2D eigenvalue weighted by atomic mass is 10.2. The van der Waals surface area contributed by atoms with Gasteiger partial charge in [0.2, 0.25) is 0 Å². The largest absolute Gasteiger partial charge is 0.461 e. The second-order valence-electron chi connectivity index (χ2n) is 3.38. The Morgan fingerprint density at radius 1 is 1.62 bits per heavy atom. The Kier molecular flexibility index (Phi) is 2.76. The summed E-state index contributed by atoms with van der Waals surface area (Å²) in [7, 11) is 1.88.